The molecule has 2 atom stereocenters. The van der Waals surface area contributed by atoms with Crippen molar-refractivity contribution in [1.29, 1.82) is 0 Å². The van der Waals surface area contributed by atoms with Crippen LogP contribution in [-0.2, 0) is 4.79 Å². The van der Waals surface area contributed by atoms with E-state index in [0.29, 0.717) is 0 Å². The van der Waals surface area contributed by atoms with Crippen LogP contribution in [0.1, 0.15) is 30.1 Å². The molecule has 116 valence electrons. The topological polar surface area (TPSA) is 58.4 Å². The van der Waals surface area contributed by atoms with Gasteiger partial charge in [0.25, 0.3) is 0 Å². The van der Waals surface area contributed by atoms with Crippen molar-refractivity contribution >= 4 is 11.6 Å². The quantitative estimate of drug-likeness (QED) is 0.861. The molecule has 0 heterocycles. The van der Waals surface area contributed by atoms with E-state index in [1.807, 2.05) is 63.5 Å². The predicted octanol–water partition coefficient (Wildman–Crippen LogP) is 2.63. The average molecular weight is 297 g/mol. The number of nitrogens with zero attached hydrogens (tertiary/aromatic N) is 1. The van der Waals surface area contributed by atoms with E-state index >= 15 is 0 Å². The Hall–Kier alpha value is -2.33. The molecule has 0 aliphatic heterocycles. The minimum atomic E-state index is -0.508. The van der Waals surface area contributed by atoms with Crippen molar-refractivity contribution in [3.8, 4) is 0 Å². The molecule has 0 radical (unpaired) electrons. The van der Waals surface area contributed by atoms with Gasteiger partial charge in [0.15, 0.2) is 0 Å². The molecule has 0 aliphatic rings. The Morgan fingerprint density at radius 3 is 2.23 bits per heavy atom. The van der Waals surface area contributed by atoms with Gasteiger partial charge in [-0.1, -0.05) is 48.5 Å². The number of primary amides is 1. The van der Waals surface area contributed by atoms with Crippen LogP contribution in [0.25, 0.3) is 0 Å². The van der Waals surface area contributed by atoms with Crippen LogP contribution in [-0.4, -0.2) is 20.0 Å². The summed E-state index contributed by atoms with van der Waals surface area (Å²) in [6, 6.07) is 17.2. The van der Waals surface area contributed by atoms with Gasteiger partial charge in [0, 0.05) is 25.8 Å². The standard InChI is InChI=1S/C18H23N3O/c1-13(15-11-7-8-12-16(15)21(2)3)20-17(18(19)22)14-9-5-4-6-10-14/h4-13,17,20H,1-3H3,(H2,19,22)/t13-,17-/m1/s1. The Balaban J connectivity index is 2.26. The number of nitrogens with two attached hydrogens (primary N) is 1. The van der Waals surface area contributed by atoms with Gasteiger partial charge in [0.1, 0.15) is 6.04 Å². The van der Waals surface area contributed by atoms with Gasteiger partial charge in [-0.2, -0.15) is 0 Å². The zero-order chi connectivity index (χ0) is 16.1. The molecule has 2 aromatic rings. The molecule has 2 aromatic carbocycles. The summed E-state index contributed by atoms with van der Waals surface area (Å²) >= 11 is 0. The Morgan fingerprint density at radius 2 is 1.64 bits per heavy atom. The van der Waals surface area contributed by atoms with Gasteiger partial charge in [-0.05, 0) is 24.1 Å². The van der Waals surface area contributed by atoms with E-state index in [0.717, 1.165) is 16.8 Å². The molecule has 4 nitrogen and oxygen atoms in total. The van der Waals surface area contributed by atoms with Crippen LogP contribution >= 0.6 is 0 Å². The average Bonchev–Trinajstić information content (AvgIpc) is 2.52. The van der Waals surface area contributed by atoms with Crippen molar-refractivity contribution in [3.63, 3.8) is 0 Å². The van der Waals surface area contributed by atoms with E-state index in [1.54, 1.807) is 0 Å². The first-order chi connectivity index (χ1) is 10.5. The molecule has 22 heavy (non-hydrogen) atoms. The molecule has 4 heteroatoms. The van der Waals surface area contributed by atoms with Gasteiger partial charge in [0.2, 0.25) is 5.91 Å². The number of hydrogen-bond acceptors (Lipinski definition) is 3. The maximum absolute atomic E-state index is 11.8. The molecule has 0 aliphatic carbocycles. The van der Waals surface area contributed by atoms with E-state index in [9.17, 15) is 4.79 Å². The minimum Gasteiger partial charge on any atom is -0.377 e. The summed E-state index contributed by atoms with van der Waals surface area (Å²) in [4.78, 5) is 13.9. The van der Waals surface area contributed by atoms with Crippen molar-refractivity contribution < 1.29 is 4.79 Å². The number of hydrogen-bond donors (Lipinski definition) is 2. The van der Waals surface area contributed by atoms with Crippen molar-refractivity contribution in [1.82, 2.24) is 5.32 Å². The zero-order valence-electron chi connectivity index (χ0n) is 13.3. The van der Waals surface area contributed by atoms with E-state index in [4.69, 9.17) is 5.73 Å². The van der Waals surface area contributed by atoms with Gasteiger partial charge in [-0.15, -0.1) is 0 Å². The minimum absolute atomic E-state index is 0.00342. The zero-order valence-corrected chi connectivity index (χ0v) is 13.3. The first-order valence-corrected chi connectivity index (χ1v) is 7.37. The lowest BCUT2D eigenvalue weighted by Gasteiger charge is -2.25. The highest BCUT2D eigenvalue weighted by molar-refractivity contribution is 5.81. The Morgan fingerprint density at radius 1 is 1.05 bits per heavy atom. The molecule has 0 saturated heterocycles. The van der Waals surface area contributed by atoms with Gasteiger partial charge < -0.3 is 10.6 Å². The number of para-hydroxylation sites is 1. The molecule has 0 saturated carbocycles. The fraction of sp³-hybridized carbons (Fsp3) is 0.278. The second kappa shape index (κ2) is 7.09. The monoisotopic (exact) mass is 297 g/mol. The predicted molar refractivity (Wildman–Crippen MR) is 90.7 cm³/mol. The summed E-state index contributed by atoms with van der Waals surface area (Å²) in [6.45, 7) is 2.04. The normalized spacial score (nSPS) is 13.4. The smallest absolute Gasteiger partial charge is 0.239 e. The van der Waals surface area contributed by atoms with E-state index in [-0.39, 0.29) is 11.9 Å². The number of anilines is 1. The van der Waals surface area contributed by atoms with Crippen LogP contribution in [0.2, 0.25) is 0 Å². The fourth-order valence-electron chi connectivity index (χ4n) is 2.59. The third-order valence-corrected chi connectivity index (χ3v) is 3.72. The number of carbonyl (C=O) groups is 1. The van der Waals surface area contributed by atoms with Gasteiger partial charge in [-0.25, -0.2) is 0 Å². The third kappa shape index (κ3) is 3.65. The maximum Gasteiger partial charge on any atom is 0.239 e. The van der Waals surface area contributed by atoms with E-state index in [1.165, 1.54) is 0 Å². The second-order valence-electron chi connectivity index (χ2n) is 5.59. The molecule has 0 aromatic heterocycles. The van der Waals surface area contributed by atoms with Crippen molar-refractivity contribution in [2.45, 2.75) is 19.0 Å². The molecular weight excluding hydrogens is 274 g/mol. The molecule has 3 N–H and O–H groups in total. The number of amides is 1. The van der Waals surface area contributed by atoms with Gasteiger partial charge >= 0.3 is 0 Å². The number of carbonyl (C=O) groups excluding carboxylic acids is 1. The molecular formula is C18H23N3O. The summed E-state index contributed by atoms with van der Waals surface area (Å²) in [5.41, 5.74) is 8.72. The highest BCUT2D eigenvalue weighted by Crippen LogP contribution is 2.27. The molecule has 0 fully saturated rings. The third-order valence-electron chi connectivity index (χ3n) is 3.72. The second-order valence-corrected chi connectivity index (χ2v) is 5.59. The van der Waals surface area contributed by atoms with Crippen molar-refractivity contribution in [3.05, 3.63) is 65.7 Å². The highest BCUT2D eigenvalue weighted by atomic mass is 16.1. The fourth-order valence-corrected chi connectivity index (χ4v) is 2.59. The van der Waals surface area contributed by atoms with Crippen LogP contribution in [0.3, 0.4) is 0 Å². The van der Waals surface area contributed by atoms with Crippen LogP contribution < -0.4 is 16.0 Å². The van der Waals surface area contributed by atoms with Gasteiger partial charge in [-0.3, -0.25) is 10.1 Å². The molecule has 0 unspecified atom stereocenters. The van der Waals surface area contributed by atoms with Crippen molar-refractivity contribution in [2.24, 2.45) is 5.73 Å². The van der Waals surface area contributed by atoms with Gasteiger partial charge in [0.05, 0.1) is 0 Å². The van der Waals surface area contributed by atoms with Crippen LogP contribution in [0.5, 0.6) is 0 Å². The first kappa shape index (κ1) is 16.0. The summed E-state index contributed by atoms with van der Waals surface area (Å²) in [5.74, 6) is -0.375. The maximum atomic E-state index is 11.8. The summed E-state index contributed by atoms with van der Waals surface area (Å²) in [7, 11) is 4.02. The van der Waals surface area contributed by atoms with E-state index < -0.39 is 6.04 Å². The molecule has 1 amide bonds. The summed E-state index contributed by atoms with van der Waals surface area (Å²) < 4.78 is 0. The molecule has 0 bridgehead atoms. The lowest BCUT2D eigenvalue weighted by Crippen LogP contribution is -2.35. The Labute approximate surface area is 131 Å². The van der Waals surface area contributed by atoms with E-state index in [2.05, 4.69) is 22.3 Å². The number of nitrogens with one attached hydrogen (secondary N) is 1. The van der Waals surface area contributed by atoms with Crippen LogP contribution in [0.4, 0.5) is 5.69 Å². The van der Waals surface area contributed by atoms with Crippen molar-refractivity contribution in [2.75, 3.05) is 19.0 Å². The summed E-state index contributed by atoms with van der Waals surface area (Å²) in [6.07, 6.45) is 0. The molecule has 0 spiro atoms. The van der Waals surface area contributed by atoms with Crippen LogP contribution in [0.15, 0.2) is 54.6 Å². The lowest BCUT2D eigenvalue weighted by atomic mass is 10.0. The largest absolute Gasteiger partial charge is 0.377 e. The molecule has 2 rings (SSSR count). The first-order valence-electron chi connectivity index (χ1n) is 7.37. The summed E-state index contributed by atoms with van der Waals surface area (Å²) in [5, 5.41) is 3.34. The Bertz CT molecular complexity index is 625. The Kier molecular flexibility index (Phi) is 5.17. The van der Waals surface area contributed by atoms with Crippen LogP contribution in [0, 0.1) is 0 Å². The number of rotatable bonds is 6. The lowest BCUT2D eigenvalue weighted by molar-refractivity contribution is -0.120. The number of benzene rings is 2. The SMILES string of the molecule is C[C@@H](N[C@@H](C(N)=O)c1ccccc1)c1ccccc1N(C)C. The highest BCUT2D eigenvalue weighted by Gasteiger charge is 2.21.